The SMILES string of the molecule is COc1cc(C)c(CN(C)CC(=O)Nc2c(C)nn(-c3ccccc3)c2C)cc1OC. The summed E-state index contributed by atoms with van der Waals surface area (Å²) in [5.74, 6) is 1.30. The first-order valence-electron chi connectivity index (χ1n) is 10.2. The highest BCUT2D eigenvalue weighted by Crippen LogP contribution is 2.30. The number of nitrogens with zero attached hydrogens (tertiary/aromatic N) is 3. The summed E-state index contributed by atoms with van der Waals surface area (Å²) in [5.41, 5.74) is 5.57. The van der Waals surface area contributed by atoms with Gasteiger partial charge in [0.2, 0.25) is 5.91 Å². The van der Waals surface area contributed by atoms with Crippen molar-refractivity contribution < 1.29 is 14.3 Å². The number of nitrogens with one attached hydrogen (secondary N) is 1. The lowest BCUT2D eigenvalue weighted by Crippen LogP contribution is -2.30. The maximum atomic E-state index is 12.7. The fourth-order valence-electron chi connectivity index (χ4n) is 3.61. The predicted molar refractivity (Wildman–Crippen MR) is 122 cm³/mol. The number of hydrogen-bond donors (Lipinski definition) is 1. The largest absolute Gasteiger partial charge is 0.493 e. The maximum Gasteiger partial charge on any atom is 0.238 e. The molecule has 0 bridgehead atoms. The zero-order valence-electron chi connectivity index (χ0n) is 19.0. The second-order valence-electron chi connectivity index (χ2n) is 7.65. The van der Waals surface area contributed by atoms with E-state index in [1.165, 1.54) is 0 Å². The molecule has 0 saturated heterocycles. The van der Waals surface area contributed by atoms with Gasteiger partial charge in [-0.05, 0) is 63.2 Å². The van der Waals surface area contributed by atoms with Crippen LogP contribution in [0.1, 0.15) is 22.5 Å². The molecule has 31 heavy (non-hydrogen) atoms. The topological polar surface area (TPSA) is 68.6 Å². The highest BCUT2D eigenvalue weighted by Gasteiger charge is 2.17. The maximum absolute atomic E-state index is 12.7. The number of hydrogen-bond acceptors (Lipinski definition) is 5. The number of carbonyl (C=O) groups excluding carboxylic acids is 1. The van der Waals surface area contributed by atoms with Crippen molar-refractivity contribution in [2.75, 3.05) is 33.1 Å². The second kappa shape index (κ2) is 9.66. The molecular weight excluding hydrogens is 392 g/mol. The smallest absolute Gasteiger partial charge is 0.238 e. The van der Waals surface area contributed by atoms with Crippen LogP contribution in [0.5, 0.6) is 11.5 Å². The van der Waals surface area contributed by atoms with Gasteiger partial charge in [-0.1, -0.05) is 18.2 Å². The average Bonchev–Trinajstić information content (AvgIpc) is 3.03. The molecule has 3 aromatic rings. The van der Waals surface area contributed by atoms with Crippen LogP contribution in [0.4, 0.5) is 5.69 Å². The predicted octanol–water partition coefficient (Wildman–Crippen LogP) is 3.89. The Labute approximate surface area is 183 Å². The van der Waals surface area contributed by atoms with Crippen molar-refractivity contribution >= 4 is 11.6 Å². The summed E-state index contributed by atoms with van der Waals surface area (Å²) in [6.45, 7) is 6.75. The molecule has 0 spiro atoms. The van der Waals surface area contributed by atoms with Crippen LogP contribution in [0, 0.1) is 20.8 Å². The first kappa shape index (κ1) is 22.4. The summed E-state index contributed by atoms with van der Waals surface area (Å²) in [4.78, 5) is 14.7. The molecule has 0 aliphatic rings. The number of aryl methyl sites for hydroxylation is 2. The number of amides is 1. The van der Waals surface area contributed by atoms with Crippen molar-refractivity contribution in [1.82, 2.24) is 14.7 Å². The Morgan fingerprint density at radius 1 is 1.06 bits per heavy atom. The van der Waals surface area contributed by atoms with E-state index in [0.29, 0.717) is 18.0 Å². The number of likely N-dealkylation sites (N-methyl/N-ethyl adjacent to an activating group) is 1. The van der Waals surface area contributed by atoms with Crippen molar-refractivity contribution in [3.63, 3.8) is 0 Å². The van der Waals surface area contributed by atoms with Crippen LogP contribution < -0.4 is 14.8 Å². The summed E-state index contributed by atoms with van der Waals surface area (Å²) in [7, 11) is 5.16. The average molecular weight is 423 g/mol. The minimum Gasteiger partial charge on any atom is -0.493 e. The Morgan fingerprint density at radius 3 is 2.35 bits per heavy atom. The number of carbonyl (C=O) groups is 1. The molecule has 1 amide bonds. The summed E-state index contributed by atoms with van der Waals surface area (Å²) >= 11 is 0. The fourth-order valence-corrected chi connectivity index (χ4v) is 3.61. The van der Waals surface area contributed by atoms with Crippen LogP contribution >= 0.6 is 0 Å². The Balaban J connectivity index is 1.68. The number of ether oxygens (including phenoxy) is 2. The van der Waals surface area contributed by atoms with Crippen molar-refractivity contribution in [2.45, 2.75) is 27.3 Å². The van der Waals surface area contributed by atoms with Gasteiger partial charge in [-0.25, -0.2) is 4.68 Å². The Morgan fingerprint density at radius 2 is 1.71 bits per heavy atom. The first-order chi connectivity index (χ1) is 14.8. The quantitative estimate of drug-likeness (QED) is 0.597. The lowest BCUT2D eigenvalue weighted by molar-refractivity contribution is -0.117. The minimum absolute atomic E-state index is 0.0839. The van der Waals surface area contributed by atoms with Crippen LogP contribution in [-0.4, -0.2) is 48.4 Å². The number of methoxy groups -OCH3 is 2. The Kier molecular flexibility index (Phi) is 6.97. The van der Waals surface area contributed by atoms with E-state index >= 15 is 0 Å². The molecule has 7 heteroatoms. The van der Waals surface area contributed by atoms with Gasteiger partial charge in [0.05, 0.1) is 43.5 Å². The van der Waals surface area contributed by atoms with E-state index in [0.717, 1.165) is 33.9 Å². The van der Waals surface area contributed by atoms with Crippen molar-refractivity contribution in [3.05, 3.63) is 65.0 Å². The molecule has 0 fully saturated rings. The number of para-hydroxylation sites is 1. The van der Waals surface area contributed by atoms with Gasteiger partial charge >= 0.3 is 0 Å². The Bertz CT molecular complexity index is 1060. The standard InChI is InChI=1S/C24H30N4O3/c1-16-12-21(30-5)22(31-6)13-19(16)14-27(4)15-23(29)25-24-17(2)26-28(18(24)3)20-10-8-7-9-11-20/h7-13H,14-15H2,1-6H3,(H,25,29). The highest BCUT2D eigenvalue weighted by atomic mass is 16.5. The summed E-state index contributed by atoms with van der Waals surface area (Å²) in [6, 6.07) is 13.8. The third kappa shape index (κ3) is 5.06. The first-order valence-corrected chi connectivity index (χ1v) is 10.2. The van der Waals surface area contributed by atoms with Gasteiger partial charge in [0.25, 0.3) is 0 Å². The van der Waals surface area contributed by atoms with Crippen LogP contribution in [-0.2, 0) is 11.3 Å². The van der Waals surface area contributed by atoms with Crippen LogP contribution in [0.15, 0.2) is 42.5 Å². The molecule has 3 rings (SSSR count). The van der Waals surface area contributed by atoms with Crippen molar-refractivity contribution in [1.29, 1.82) is 0 Å². The lowest BCUT2D eigenvalue weighted by Gasteiger charge is -2.19. The monoisotopic (exact) mass is 422 g/mol. The van der Waals surface area contributed by atoms with Gasteiger partial charge in [0.15, 0.2) is 11.5 Å². The van der Waals surface area contributed by atoms with E-state index in [1.54, 1.807) is 14.2 Å². The lowest BCUT2D eigenvalue weighted by atomic mass is 10.1. The van der Waals surface area contributed by atoms with E-state index in [2.05, 4.69) is 10.4 Å². The molecule has 1 heterocycles. The highest BCUT2D eigenvalue weighted by molar-refractivity contribution is 5.93. The molecule has 1 N–H and O–H groups in total. The Hall–Kier alpha value is -3.32. The van der Waals surface area contributed by atoms with E-state index in [1.807, 2.05) is 79.9 Å². The third-order valence-electron chi connectivity index (χ3n) is 5.25. The van der Waals surface area contributed by atoms with E-state index in [4.69, 9.17) is 9.47 Å². The van der Waals surface area contributed by atoms with E-state index < -0.39 is 0 Å². The fraction of sp³-hybridized carbons (Fsp3) is 0.333. The molecule has 164 valence electrons. The van der Waals surface area contributed by atoms with Crippen LogP contribution in [0.2, 0.25) is 0 Å². The second-order valence-corrected chi connectivity index (χ2v) is 7.65. The molecule has 2 aromatic carbocycles. The van der Waals surface area contributed by atoms with Gasteiger partial charge in [0, 0.05) is 6.54 Å². The van der Waals surface area contributed by atoms with Crippen molar-refractivity contribution in [3.8, 4) is 17.2 Å². The molecular formula is C24H30N4O3. The van der Waals surface area contributed by atoms with Gasteiger partial charge in [-0.2, -0.15) is 5.10 Å². The minimum atomic E-state index is -0.0839. The van der Waals surface area contributed by atoms with Crippen molar-refractivity contribution in [2.24, 2.45) is 0 Å². The summed E-state index contributed by atoms with van der Waals surface area (Å²) in [5, 5.41) is 7.62. The number of anilines is 1. The molecule has 0 atom stereocenters. The number of aromatic nitrogens is 2. The third-order valence-corrected chi connectivity index (χ3v) is 5.25. The number of rotatable bonds is 8. The normalized spacial score (nSPS) is 10.9. The van der Waals surface area contributed by atoms with Gasteiger partial charge in [0.1, 0.15) is 0 Å². The zero-order chi connectivity index (χ0) is 22.5. The summed E-state index contributed by atoms with van der Waals surface area (Å²) < 4.78 is 12.6. The molecule has 0 saturated carbocycles. The molecule has 1 aromatic heterocycles. The van der Waals surface area contributed by atoms with Gasteiger partial charge in [-0.3, -0.25) is 9.69 Å². The molecule has 0 radical (unpaired) electrons. The zero-order valence-corrected chi connectivity index (χ0v) is 19.0. The molecule has 0 aliphatic heterocycles. The molecule has 7 nitrogen and oxygen atoms in total. The molecule has 0 unspecified atom stereocenters. The van der Waals surface area contributed by atoms with Crippen LogP contribution in [0.3, 0.4) is 0 Å². The van der Waals surface area contributed by atoms with Crippen LogP contribution in [0.25, 0.3) is 5.69 Å². The van der Waals surface area contributed by atoms with E-state index in [9.17, 15) is 4.79 Å². The van der Waals surface area contributed by atoms with Gasteiger partial charge in [-0.15, -0.1) is 0 Å². The number of benzene rings is 2. The summed E-state index contributed by atoms with van der Waals surface area (Å²) in [6.07, 6.45) is 0. The molecule has 0 aliphatic carbocycles. The van der Waals surface area contributed by atoms with E-state index in [-0.39, 0.29) is 12.5 Å². The van der Waals surface area contributed by atoms with Gasteiger partial charge < -0.3 is 14.8 Å².